The molecular weight excluding hydrogens is 416 g/mol. The Morgan fingerprint density at radius 2 is 1.84 bits per heavy atom. The highest BCUT2D eigenvalue weighted by molar-refractivity contribution is 7.89. The summed E-state index contributed by atoms with van der Waals surface area (Å²) in [6, 6.07) is 3.47. The second-order valence-electron chi connectivity index (χ2n) is 8.50. The van der Waals surface area contributed by atoms with Crippen molar-refractivity contribution >= 4 is 15.9 Å². The van der Waals surface area contributed by atoms with Gasteiger partial charge in [0.05, 0.1) is 23.3 Å². The van der Waals surface area contributed by atoms with Gasteiger partial charge >= 0.3 is 0 Å². The molecule has 2 aromatic rings. The Morgan fingerprint density at radius 3 is 2.42 bits per heavy atom. The van der Waals surface area contributed by atoms with Gasteiger partial charge in [-0.1, -0.05) is 0 Å². The Bertz CT molecular complexity index is 1070. The van der Waals surface area contributed by atoms with Gasteiger partial charge in [-0.05, 0) is 62.3 Å². The summed E-state index contributed by atoms with van der Waals surface area (Å²) in [6.07, 6.45) is 3.90. The lowest BCUT2D eigenvalue weighted by atomic mass is 9.92. The van der Waals surface area contributed by atoms with Crippen LogP contribution in [0.2, 0.25) is 0 Å². The van der Waals surface area contributed by atoms with Crippen LogP contribution in [0.15, 0.2) is 23.2 Å². The first kappa shape index (κ1) is 23.3. The van der Waals surface area contributed by atoms with Crippen molar-refractivity contribution in [2.24, 2.45) is 13.0 Å². The summed E-state index contributed by atoms with van der Waals surface area (Å²) in [7, 11) is 3.28. The molecule has 1 aromatic carbocycles. The summed E-state index contributed by atoms with van der Waals surface area (Å²) in [4.78, 5) is 14.3. The Hall–Kier alpha value is -2.39. The van der Waals surface area contributed by atoms with Crippen molar-refractivity contribution in [3.05, 3.63) is 40.7 Å². The topological polar surface area (TPSA) is 84.7 Å². The summed E-state index contributed by atoms with van der Waals surface area (Å²) in [5.74, 6) is 0.913. The summed E-state index contributed by atoms with van der Waals surface area (Å²) < 4.78 is 35.1. The van der Waals surface area contributed by atoms with Crippen LogP contribution >= 0.6 is 0 Å². The number of piperidine rings is 1. The molecule has 3 rings (SSSR count). The lowest BCUT2D eigenvalue weighted by Crippen LogP contribution is -2.39. The molecule has 8 nitrogen and oxygen atoms in total. The Balaban J connectivity index is 1.72. The molecule has 170 valence electrons. The predicted molar refractivity (Wildman–Crippen MR) is 119 cm³/mol. The van der Waals surface area contributed by atoms with Gasteiger partial charge in [-0.3, -0.25) is 9.48 Å². The molecule has 0 bridgehead atoms. The third kappa shape index (κ3) is 4.77. The van der Waals surface area contributed by atoms with Crippen molar-refractivity contribution in [1.82, 2.24) is 19.0 Å². The van der Waals surface area contributed by atoms with Gasteiger partial charge in [0.1, 0.15) is 5.75 Å². The first-order valence-electron chi connectivity index (χ1n) is 10.4. The van der Waals surface area contributed by atoms with Crippen LogP contribution in [0.4, 0.5) is 0 Å². The molecule has 9 heteroatoms. The van der Waals surface area contributed by atoms with Crippen molar-refractivity contribution in [2.75, 3.05) is 34.3 Å². The number of rotatable bonds is 6. The van der Waals surface area contributed by atoms with E-state index in [2.05, 4.69) is 5.10 Å². The third-order valence-electron chi connectivity index (χ3n) is 5.91. The summed E-state index contributed by atoms with van der Waals surface area (Å²) >= 11 is 0. The van der Waals surface area contributed by atoms with Crippen molar-refractivity contribution in [3.63, 3.8) is 0 Å². The molecule has 1 aliphatic rings. The van der Waals surface area contributed by atoms with E-state index in [1.165, 1.54) is 0 Å². The van der Waals surface area contributed by atoms with Crippen LogP contribution in [-0.4, -0.2) is 67.6 Å². The zero-order valence-corrected chi connectivity index (χ0v) is 20.0. The molecule has 0 radical (unpaired) electrons. The molecule has 0 spiro atoms. The number of carbonyl (C=O) groups is 1. The minimum Gasteiger partial charge on any atom is -0.496 e. The smallest absolute Gasteiger partial charge is 0.256 e. The zero-order valence-electron chi connectivity index (χ0n) is 19.2. The van der Waals surface area contributed by atoms with Gasteiger partial charge in [-0.2, -0.15) is 9.40 Å². The fraction of sp³-hybridized carbons (Fsp3) is 0.545. The molecule has 1 aliphatic heterocycles. The normalized spacial score (nSPS) is 15.8. The maximum absolute atomic E-state index is 13.3. The molecule has 0 aliphatic carbocycles. The molecule has 1 aromatic heterocycles. The molecular formula is C22H32N4O4S. The molecule has 1 saturated heterocycles. The van der Waals surface area contributed by atoms with Gasteiger partial charge in [0.25, 0.3) is 5.91 Å². The van der Waals surface area contributed by atoms with Gasteiger partial charge in [0.15, 0.2) is 0 Å². The van der Waals surface area contributed by atoms with Crippen LogP contribution in [0.5, 0.6) is 5.75 Å². The van der Waals surface area contributed by atoms with Crippen LogP contribution in [0.1, 0.15) is 40.0 Å². The van der Waals surface area contributed by atoms with Gasteiger partial charge in [0, 0.05) is 40.4 Å². The molecule has 31 heavy (non-hydrogen) atoms. The van der Waals surface area contributed by atoms with Crippen molar-refractivity contribution in [3.8, 4) is 5.75 Å². The molecule has 0 unspecified atom stereocenters. The number of methoxy groups -OCH3 is 1. The Labute approximate surface area is 184 Å². The van der Waals surface area contributed by atoms with E-state index in [0.29, 0.717) is 41.3 Å². The van der Waals surface area contributed by atoms with E-state index >= 15 is 0 Å². The standard InChI is InChI=1S/C22H32N4O4S/c1-15-12-21(16(2)11-20(15)30-6)31(28,29)26-9-7-17(8-10-26)13-19-18(14-25(5)23-19)22(27)24(3)4/h11-12,14,17H,7-10,13H2,1-6H3. The lowest BCUT2D eigenvalue weighted by molar-refractivity contribution is 0.0826. The highest BCUT2D eigenvalue weighted by Crippen LogP contribution is 2.31. The summed E-state index contributed by atoms with van der Waals surface area (Å²) in [6.45, 7) is 4.57. The number of ether oxygens (including phenoxy) is 1. The zero-order chi connectivity index (χ0) is 22.9. The van der Waals surface area contributed by atoms with Crippen LogP contribution in [0.25, 0.3) is 0 Å². The van der Waals surface area contributed by atoms with Crippen LogP contribution in [0, 0.1) is 19.8 Å². The number of amides is 1. The monoisotopic (exact) mass is 448 g/mol. The fourth-order valence-corrected chi connectivity index (χ4v) is 5.89. The molecule has 0 atom stereocenters. The van der Waals surface area contributed by atoms with E-state index in [-0.39, 0.29) is 11.8 Å². The van der Waals surface area contributed by atoms with E-state index in [9.17, 15) is 13.2 Å². The van der Waals surface area contributed by atoms with E-state index in [1.54, 1.807) is 60.3 Å². The quantitative estimate of drug-likeness (QED) is 0.677. The SMILES string of the molecule is COc1cc(C)c(S(=O)(=O)N2CCC(Cc3nn(C)cc3C(=O)N(C)C)CC2)cc1C. The minimum absolute atomic E-state index is 0.0616. The second kappa shape index (κ2) is 9.00. The number of benzene rings is 1. The number of sulfonamides is 1. The highest BCUT2D eigenvalue weighted by Gasteiger charge is 2.32. The fourth-order valence-electron chi connectivity index (χ4n) is 4.13. The number of aromatic nitrogens is 2. The predicted octanol–water partition coefficient (Wildman–Crippen LogP) is 2.39. The number of hydrogen-bond donors (Lipinski definition) is 0. The first-order chi connectivity index (χ1) is 14.5. The van der Waals surface area contributed by atoms with E-state index in [0.717, 1.165) is 24.1 Å². The molecule has 2 heterocycles. The molecule has 1 fully saturated rings. The van der Waals surface area contributed by atoms with Crippen LogP contribution in [0.3, 0.4) is 0 Å². The van der Waals surface area contributed by atoms with E-state index in [1.807, 2.05) is 14.0 Å². The average Bonchev–Trinajstić information content (AvgIpc) is 3.08. The molecule has 0 saturated carbocycles. The Kier molecular flexibility index (Phi) is 6.76. The van der Waals surface area contributed by atoms with Crippen LogP contribution < -0.4 is 4.74 Å². The maximum Gasteiger partial charge on any atom is 0.256 e. The largest absolute Gasteiger partial charge is 0.496 e. The summed E-state index contributed by atoms with van der Waals surface area (Å²) in [5, 5.41) is 4.49. The van der Waals surface area contributed by atoms with E-state index < -0.39 is 10.0 Å². The number of aryl methyl sites for hydroxylation is 3. The van der Waals surface area contributed by atoms with Crippen LogP contribution in [-0.2, 0) is 23.5 Å². The van der Waals surface area contributed by atoms with Gasteiger partial charge < -0.3 is 9.64 Å². The average molecular weight is 449 g/mol. The third-order valence-corrected chi connectivity index (χ3v) is 7.95. The van der Waals surface area contributed by atoms with Crippen molar-refractivity contribution in [2.45, 2.75) is 38.0 Å². The summed E-state index contributed by atoms with van der Waals surface area (Å²) in [5.41, 5.74) is 2.88. The lowest BCUT2D eigenvalue weighted by Gasteiger charge is -2.31. The minimum atomic E-state index is -3.57. The Morgan fingerprint density at radius 1 is 1.19 bits per heavy atom. The molecule has 1 amide bonds. The maximum atomic E-state index is 13.3. The van der Waals surface area contributed by atoms with Gasteiger partial charge in [-0.25, -0.2) is 8.42 Å². The van der Waals surface area contributed by atoms with Crippen molar-refractivity contribution < 1.29 is 17.9 Å². The molecule has 0 N–H and O–H groups in total. The number of carbonyl (C=O) groups excluding carboxylic acids is 1. The van der Waals surface area contributed by atoms with Gasteiger partial charge in [0.2, 0.25) is 10.0 Å². The van der Waals surface area contributed by atoms with E-state index in [4.69, 9.17) is 4.74 Å². The van der Waals surface area contributed by atoms with Gasteiger partial charge in [-0.15, -0.1) is 0 Å². The number of hydrogen-bond acceptors (Lipinski definition) is 5. The number of nitrogens with zero attached hydrogens (tertiary/aromatic N) is 4. The highest BCUT2D eigenvalue weighted by atomic mass is 32.2. The first-order valence-corrected chi connectivity index (χ1v) is 11.9. The van der Waals surface area contributed by atoms with Crippen molar-refractivity contribution in [1.29, 1.82) is 0 Å². The second-order valence-corrected chi connectivity index (χ2v) is 10.4.